The first-order valence-electron chi connectivity index (χ1n) is 7.75. The molecule has 0 unspecified atom stereocenters. The van der Waals surface area contributed by atoms with E-state index < -0.39 is 10.8 Å². The highest BCUT2D eigenvalue weighted by atomic mass is 35.5. The quantitative estimate of drug-likeness (QED) is 0.278. The molecule has 3 aromatic rings. The van der Waals surface area contributed by atoms with Crippen molar-refractivity contribution in [3.63, 3.8) is 0 Å². The van der Waals surface area contributed by atoms with Gasteiger partial charge in [0.25, 0.3) is 11.6 Å². The predicted octanol–water partition coefficient (Wildman–Crippen LogP) is 2.75. The number of nitro groups is 1. The van der Waals surface area contributed by atoms with Crippen molar-refractivity contribution >= 4 is 35.0 Å². The number of nitro benzene ring substituents is 1. The molecule has 1 amide bonds. The number of carbonyl (C=O) groups is 1. The summed E-state index contributed by atoms with van der Waals surface area (Å²) in [6.45, 7) is 0.335. The third-order valence-corrected chi connectivity index (χ3v) is 4.71. The van der Waals surface area contributed by atoms with E-state index in [0.717, 1.165) is 11.8 Å². The van der Waals surface area contributed by atoms with Crippen molar-refractivity contribution in [1.82, 2.24) is 25.5 Å². The van der Waals surface area contributed by atoms with E-state index in [4.69, 9.17) is 11.6 Å². The van der Waals surface area contributed by atoms with Gasteiger partial charge < -0.3 is 5.32 Å². The van der Waals surface area contributed by atoms with E-state index >= 15 is 0 Å². The van der Waals surface area contributed by atoms with E-state index in [0.29, 0.717) is 17.5 Å². The lowest BCUT2D eigenvalue weighted by atomic mass is 10.2. The van der Waals surface area contributed by atoms with Gasteiger partial charge in [0.05, 0.1) is 10.6 Å². The van der Waals surface area contributed by atoms with Crippen LogP contribution in [0.2, 0.25) is 5.02 Å². The maximum atomic E-state index is 12.1. The van der Waals surface area contributed by atoms with Crippen molar-refractivity contribution in [1.29, 1.82) is 0 Å². The predicted molar refractivity (Wildman–Crippen MR) is 100 cm³/mol. The summed E-state index contributed by atoms with van der Waals surface area (Å²) in [5.74, 6) is 0.104. The molecule has 0 fully saturated rings. The smallest absolute Gasteiger partial charge is 0.288 e. The van der Waals surface area contributed by atoms with Gasteiger partial charge in [-0.2, -0.15) is 4.68 Å². The average molecular weight is 405 g/mol. The van der Waals surface area contributed by atoms with Crippen LogP contribution in [0.5, 0.6) is 0 Å². The lowest BCUT2D eigenvalue weighted by Gasteiger charge is -2.06. The third-order valence-electron chi connectivity index (χ3n) is 3.47. The Morgan fingerprint density at radius 2 is 2.04 bits per heavy atom. The summed E-state index contributed by atoms with van der Waals surface area (Å²) in [5, 5.41) is 25.8. The molecule has 0 atom stereocenters. The molecule has 138 valence electrons. The number of nitrogens with one attached hydrogen (secondary N) is 1. The van der Waals surface area contributed by atoms with Crippen LogP contribution < -0.4 is 5.32 Å². The van der Waals surface area contributed by atoms with Gasteiger partial charge in [-0.25, -0.2) is 0 Å². The topological polar surface area (TPSA) is 116 Å². The van der Waals surface area contributed by atoms with Gasteiger partial charge in [0.2, 0.25) is 5.16 Å². The second-order valence-corrected chi connectivity index (χ2v) is 6.71. The fourth-order valence-corrected chi connectivity index (χ4v) is 3.13. The Morgan fingerprint density at radius 1 is 1.26 bits per heavy atom. The molecule has 0 saturated heterocycles. The zero-order chi connectivity index (χ0) is 19.2. The standard InChI is InChI=1S/C16H13ClN6O3S/c17-13-7-6-11(10-14(13)23(25)26)15(24)18-8-9-27-16-19-20-21-22(16)12-4-2-1-3-5-12/h1-7,10H,8-9H2,(H,18,24). The summed E-state index contributed by atoms with van der Waals surface area (Å²) in [6.07, 6.45) is 0. The SMILES string of the molecule is O=C(NCCSc1nnnn1-c1ccccc1)c1ccc(Cl)c([N+](=O)[O-])c1. The molecule has 0 bridgehead atoms. The highest BCUT2D eigenvalue weighted by Crippen LogP contribution is 2.25. The van der Waals surface area contributed by atoms with E-state index in [-0.39, 0.29) is 16.3 Å². The molecule has 27 heavy (non-hydrogen) atoms. The van der Waals surface area contributed by atoms with Crippen LogP contribution in [-0.4, -0.2) is 43.3 Å². The molecule has 0 saturated carbocycles. The van der Waals surface area contributed by atoms with Crippen molar-refractivity contribution in [3.8, 4) is 5.69 Å². The molecule has 0 spiro atoms. The number of amides is 1. The van der Waals surface area contributed by atoms with Crippen LogP contribution in [0.4, 0.5) is 5.69 Å². The lowest BCUT2D eigenvalue weighted by molar-refractivity contribution is -0.384. The number of carbonyl (C=O) groups excluding carboxylic acids is 1. The molecule has 1 N–H and O–H groups in total. The number of para-hydroxylation sites is 1. The molecular weight excluding hydrogens is 392 g/mol. The Hall–Kier alpha value is -2.98. The zero-order valence-corrected chi connectivity index (χ0v) is 15.4. The van der Waals surface area contributed by atoms with Gasteiger partial charge in [-0.15, -0.1) is 5.10 Å². The normalized spacial score (nSPS) is 10.6. The van der Waals surface area contributed by atoms with Crippen molar-refractivity contribution < 1.29 is 9.72 Å². The van der Waals surface area contributed by atoms with Gasteiger partial charge in [-0.1, -0.05) is 41.6 Å². The number of benzene rings is 2. The van der Waals surface area contributed by atoms with Crippen molar-refractivity contribution in [3.05, 3.63) is 69.2 Å². The summed E-state index contributed by atoms with van der Waals surface area (Å²) >= 11 is 7.13. The number of rotatable bonds is 7. The highest BCUT2D eigenvalue weighted by Gasteiger charge is 2.16. The minimum absolute atomic E-state index is 0.0140. The number of hydrogen-bond acceptors (Lipinski definition) is 7. The van der Waals surface area contributed by atoms with Crippen LogP contribution in [0.1, 0.15) is 10.4 Å². The first kappa shape index (κ1) is 18.8. The Balaban J connectivity index is 1.56. The summed E-state index contributed by atoms with van der Waals surface area (Å²) in [7, 11) is 0. The second kappa shape index (κ2) is 8.60. The van der Waals surface area contributed by atoms with Crippen LogP contribution in [0.25, 0.3) is 5.69 Å². The number of nitrogens with zero attached hydrogens (tertiary/aromatic N) is 5. The van der Waals surface area contributed by atoms with E-state index in [1.165, 1.54) is 23.9 Å². The van der Waals surface area contributed by atoms with E-state index in [1.807, 2.05) is 30.3 Å². The lowest BCUT2D eigenvalue weighted by Crippen LogP contribution is -2.25. The first-order valence-corrected chi connectivity index (χ1v) is 9.11. The zero-order valence-electron chi connectivity index (χ0n) is 13.8. The Kier molecular flexibility index (Phi) is 5.99. The molecule has 0 aliphatic rings. The van der Waals surface area contributed by atoms with Crippen LogP contribution in [-0.2, 0) is 0 Å². The molecule has 1 heterocycles. The van der Waals surface area contributed by atoms with E-state index in [9.17, 15) is 14.9 Å². The van der Waals surface area contributed by atoms with Gasteiger partial charge in [0.15, 0.2) is 0 Å². The minimum atomic E-state index is -0.627. The highest BCUT2D eigenvalue weighted by molar-refractivity contribution is 7.99. The van der Waals surface area contributed by atoms with Gasteiger partial charge in [-0.3, -0.25) is 14.9 Å². The van der Waals surface area contributed by atoms with E-state index in [2.05, 4.69) is 20.8 Å². The molecular formula is C16H13ClN6O3S. The van der Waals surface area contributed by atoms with Crippen LogP contribution in [0.15, 0.2) is 53.7 Å². The summed E-state index contributed by atoms with van der Waals surface area (Å²) in [6, 6.07) is 13.4. The average Bonchev–Trinajstić information content (AvgIpc) is 3.14. The molecule has 0 aliphatic carbocycles. The molecule has 0 radical (unpaired) electrons. The fraction of sp³-hybridized carbons (Fsp3) is 0.125. The number of halogens is 1. The molecule has 9 nitrogen and oxygen atoms in total. The Morgan fingerprint density at radius 3 is 2.78 bits per heavy atom. The second-order valence-electron chi connectivity index (χ2n) is 5.24. The number of aromatic nitrogens is 4. The maximum absolute atomic E-state index is 12.1. The molecule has 0 aliphatic heterocycles. The molecule has 11 heteroatoms. The van der Waals surface area contributed by atoms with Gasteiger partial charge in [0.1, 0.15) is 5.02 Å². The maximum Gasteiger partial charge on any atom is 0.288 e. The van der Waals surface area contributed by atoms with Crippen LogP contribution >= 0.6 is 23.4 Å². The first-order chi connectivity index (χ1) is 13.1. The third kappa shape index (κ3) is 4.60. The summed E-state index contributed by atoms with van der Waals surface area (Å²) < 4.78 is 1.61. The Bertz CT molecular complexity index is 966. The van der Waals surface area contributed by atoms with Gasteiger partial charge in [-0.05, 0) is 34.7 Å². The van der Waals surface area contributed by atoms with E-state index in [1.54, 1.807) is 4.68 Å². The molecule has 2 aromatic carbocycles. The van der Waals surface area contributed by atoms with Gasteiger partial charge in [0, 0.05) is 23.9 Å². The summed E-state index contributed by atoms with van der Waals surface area (Å²) in [5.41, 5.74) is 0.702. The number of tetrazole rings is 1. The van der Waals surface area contributed by atoms with Gasteiger partial charge >= 0.3 is 0 Å². The van der Waals surface area contributed by atoms with Crippen molar-refractivity contribution in [2.75, 3.05) is 12.3 Å². The summed E-state index contributed by atoms with van der Waals surface area (Å²) in [4.78, 5) is 22.4. The van der Waals surface area contributed by atoms with Crippen molar-refractivity contribution in [2.24, 2.45) is 0 Å². The number of thioether (sulfide) groups is 1. The van der Waals surface area contributed by atoms with Crippen molar-refractivity contribution in [2.45, 2.75) is 5.16 Å². The largest absolute Gasteiger partial charge is 0.351 e. The molecule has 1 aromatic heterocycles. The fourth-order valence-electron chi connectivity index (χ4n) is 2.20. The number of hydrogen-bond donors (Lipinski definition) is 1. The Labute approximate surface area is 162 Å². The van der Waals surface area contributed by atoms with Crippen LogP contribution in [0.3, 0.4) is 0 Å². The monoisotopic (exact) mass is 404 g/mol. The molecule has 3 rings (SSSR count). The van der Waals surface area contributed by atoms with Crippen LogP contribution in [0, 0.1) is 10.1 Å². The minimum Gasteiger partial charge on any atom is -0.351 e.